The lowest BCUT2D eigenvalue weighted by Gasteiger charge is -2.10. The van der Waals surface area contributed by atoms with Crippen LogP contribution < -0.4 is 5.73 Å². The van der Waals surface area contributed by atoms with Crippen molar-refractivity contribution in [3.63, 3.8) is 0 Å². The molecule has 0 saturated carbocycles. The molecule has 0 saturated heterocycles. The molecule has 3 nitrogen and oxygen atoms in total. The SMILES string of the molecule is CCc1nn(C)c(CC)c1-c1cc(F)ccc1CN. The predicted octanol–water partition coefficient (Wildman–Crippen LogP) is 2.81. The van der Waals surface area contributed by atoms with Gasteiger partial charge in [0.2, 0.25) is 0 Å². The Morgan fingerprint density at radius 3 is 2.58 bits per heavy atom. The first-order valence-electron chi connectivity index (χ1n) is 6.65. The first-order valence-corrected chi connectivity index (χ1v) is 6.65. The summed E-state index contributed by atoms with van der Waals surface area (Å²) in [5, 5.41) is 4.53. The zero-order valence-electron chi connectivity index (χ0n) is 11.7. The van der Waals surface area contributed by atoms with Crippen molar-refractivity contribution in [2.75, 3.05) is 0 Å². The Bertz CT molecular complexity index is 587. The standard InChI is InChI=1S/C15H20FN3/c1-4-13-15(14(5-2)19(3)18-13)12-8-11(16)7-6-10(12)9-17/h6-8H,4-5,9,17H2,1-3H3. The molecule has 0 aliphatic carbocycles. The first-order chi connectivity index (χ1) is 9.12. The van der Waals surface area contributed by atoms with Crippen LogP contribution in [0.4, 0.5) is 4.39 Å². The monoisotopic (exact) mass is 261 g/mol. The summed E-state index contributed by atoms with van der Waals surface area (Å²) in [6.07, 6.45) is 1.68. The molecule has 0 radical (unpaired) electrons. The summed E-state index contributed by atoms with van der Waals surface area (Å²) < 4.78 is 15.5. The van der Waals surface area contributed by atoms with Gasteiger partial charge in [-0.3, -0.25) is 4.68 Å². The van der Waals surface area contributed by atoms with Crippen LogP contribution in [0.1, 0.15) is 30.8 Å². The third-order valence-corrected chi connectivity index (χ3v) is 3.47. The van der Waals surface area contributed by atoms with Crippen molar-refractivity contribution in [2.24, 2.45) is 12.8 Å². The Balaban J connectivity index is 2.73. The van der Waals surface area contributed by atoms with E-state index in [-0.39, 0.29) is 5.82 Å². The molecule has 1 heterocycles. The minimum atomic E-state index is -0.236. The largest absolute Gasteiger partial charge is 0.326 e. The molecule has 0 unspecified atom stereocenters. The summed E-state index contributed by atoms with van der Waals surface area (Å²) in [7, 11) is 1.93. The Morgan fingerprint density at radius 1 is 1.26 bits per heavy atom. The molecule has 0 atom stereocenters. The van der Waals surface area contributed by atoms with Crippen LogP contribution >= 0.6 is 0 Å². The molecule has 0 fully saturated rings. The van der Waals surface area contributed by atoms with Crippen LogP contribution in [0.25, 0.3) is 11.1 Å². The fourth-order valence-corrected chi connectivity index (χ4v) is 2.54. The number of aryl methyl sites for hydroxylation is 2. The summed E-state index contributed by atoms with van der Waals surface area (Å²) >= 11 is 0. The molecule has 102 valence electrons. The van der Waals surface area contributed by atoms with Gasteiger partial charge in [0.1, 0.15) is 5.82 Å². The van der Waals surface area contributed by atoms with Crippen molar-refractivity contribution in [1.82, 2.24) is 9.78 Å². The molecule has 0 aliphatic heterocycles. The molecule has 0 amide bonds. The summed E-state index contributed by atoms with van der Waals surface area (Å²) in [5.41, 5.74) is 10.8. The molecule has 1 aromatic carbocycles. The highest BCUT2D eigenvalue weighted by Gasteiger charge is 2.18. The maximum absolute atomic E-state index is 13.6. The van der Waals surface area contributed by atoms with E-state index in [1.54, 1.807) is 12.1 Å². The lowest BCUT2D eigenvalue weighted by molar-refractivity contribution is 0.627. The Kier molecular flexibility index (Phi) is 4.00. The number of nitrogens with two attached hydrogens (primary N) is 1. The molecule has 0 bridgehead atoms. The van der Waals surface area contributed by atoms with Crippen LogP contribution in [0.3, 0.4) is 0 Å². The van der Waals surface area contributed by atoms with Crippen molar-refractivity contribution >= 4 is 0 Å². The van der Waals surface area contributed by atoms with E-state index < -0.39 is 0 Å². The third-order valence-electron chi connectivity index (χ3n) is 3.47. The molecule has 0 aliphatic rings. The second kappa shape index (κ2) is 5.53. The second-order valence-electron chi connectivity index (χ2n) is 4.60. The van der Waals surface area contributed by atoms with Gasteiger partial charge in [-0.25, -0.2) is 4.39 Å². The zero-order chi connectivity index (χ0) is 14.0. The number of halogens is 1. The molecule has 0 spiro atoms. The van der Waals surface area contributed by atoms with Crippen LogP contribution in [-0.2, 0) is 26.4 Å². The van der Waals surface area contributed by atoms with Crippen LogP contribution in [-0.4, -0.2) is 9.78 Å². The van der Waals surface area contributed by atoms with Crippen LogP contribution in [0.5, 0.6) is 0 Å². The van der Waals surface area contributed by atoms with Gasteiger partial charge in [-0.1, -0.05) is 19.9 Å². The summed E-state index contributed by atoms with van der Waals surface area (Å²) in [6.45, 7) is 4.55. The predicted molar refractivity (Wildman–Crippen MR) is 75.2 cm³/mol. The van der Waals surface area contributed by atoms with Gasteiger partial charge in [-0.2, -0.15) is 5.10 Å². The van der Waals surface area contributed by atoms with Crippen molar-refractivity contribution in [3.05, 3.63) is 41.0 Å². The molecule has 2 rings (SSSR count). The van der Waals surface area contributed by atoms with Crippen LogP contribution in [0.15, 0.2) is 18.2 Å². The summed E-state index contributed by atoms with van der Waals surface area (Å²) in [5.74, 6) is -0.236. The number of hydrogen-bond acceptors (Lipinski definition) is 2. The smallest absolute Gasteiger partial charge is 0.123 e. The van der Waals surface area contributed by atoms with Crippen molar-refractivity contribution < 1.29 is 4.39 Å². The quantitative estimate of drug-likeness (QED) is 0.919. The Morgan fingerprint density at radius 2 is 2.00 bits per heavy atom. The van der Waals surface area contributed by atoms with Crippen molar-refractivity contribution in [1.29, 1.82) is 0 Å². The van der Waals surface area contributed by atoms with Gasteiger partial charge >= 0.3 is 0 Å². The lowest BCUT2D eigenvalue weighted by atomic mass is 9.95. The number of hydrogen-bond donors (Lipinski definition) is 1. The van der Waals surface area contributed by atoms with Crippen LogP contribution in [0, 0.1) is 5.82 Å². The average Bonchev–Trinajstić information content (AvgIpc) is 2.74. The second-order valence-corrected chi connectivity index (χ2v) is 4.60. The lowest BCUT2D eigenvalue weighted by Crippen LogP contribution is -2.02. The molecule has 2 aromatic rings. The number of rotatable bonds is 4. The highest BCUT2D eigenvalue weighted by Crippen LogP contribution is 2.31. The van der Waals surface area contributed by atoms with E-state index >= 15 is 0 Å². The van der Waals surface area contributed by atoms with Gasteiger partial charge in [-0.15, -0.1) is 0 Å². The van der Waals surface area contributed by atoms with Crippen molar-refractivity contribution in [3.8, 4) is 11.1 Å². The fourth-order valence-electron chi connectivity index (χ4n) is 2.54. The van der Waals surface area contributed by atoms with E-state index in [0.29, 0.717) is 6.54 Å². The third kappa shape index (κ3) is 2.40. The van der Waals surface area contributed by atoms with Gasteiger partial charge in [0.05, 0.1) is 5.69 Å². The molecular formula is C15H20FN3. The Hall–Kier alpha value is -1.68. The Labute approximate surface area is 113 Å². The summed E-state index contributed by atoms with van der Waals surface area (Å²) in [6, 6.07) is 4.79. The van der Waals surface area contributed by atoms with Gasteiger partial charge in [-0.05, 0) is 36.1 Å². The first kappa shape index (κ1) is 13.7. The van der Waals surface area contributed by atoms with E-state index in [4.69, 9.17) is 5.73 Å². The molecular weight excluding hydrogens is 241 g/mol. The van der Waals surface area contributed by atoms with E-state index in [2.05, 4.69) is 18.9 Å². The highest BCUT2D eigenvalue weighted by molar-refractivity contribution is 5.72. The molecule has 4 heteroatoms. The summed E-state index contributed by atoms with van der Waals surface area (Å²) in [4.78, 5) is 0. The van der Waals surface area contributed by atoms with Gasteiger partial charge < -0.3 is 5.73 Å². The number of benzene rings is 1. The topological polar surface area (TPSA) is 43.8 Å². The van der Waals surface area contributed by atoms with E-state index in [1.165, 1.54) is 6.07 Å². The minimum Gasteiger partial charge on any atom is -0.326 e. The van der Waals surface area contributed by atoms with E-state index in [1.807, 2.05) is 11.7 Å². The zero-order valence-corrected chi connectivity index (χ0v) is 11.7. The highest BCUT2D eigenvalue weighted by atomic mass is 19.1. The number of aromatic nitrogens is 2. The van der Waals surface area contributed by atoms with E-state index in [9.17, 15) is 4.39 Å². The van der Waals surface area contributed by atoms with Gasteiger partial charge in [0.25, 0.3) is 0 Å². The number of nitrogens with zero attached hydrogens (tertiary/aromatic N) is 2. The maximum atomic E-state index is 13.6. The molecule has 19 heavy (non-hydrogen) atoms. The molecule has 1 aromatic heterocycles. The average molecular weight is 261 g/mol. The van der Waals surface area contributed by atoms with Crippen molar-refractivity contribution in [2.45, 2.75) is 33.2 Å². The fraction of sp³-hybridized carbons (Fsp3) is 0.400. The van der Waals surface area contributed by atoms with Crippen LogP contribution in [0.2, 0.25) is 0 Å². The van der Waals surface area contributed by atoms with E-state index in [0.717, 1.165) is 40.9 Å². The maximum Gasteiger partial charge on any atom is 0.123 e. The molecule has 2 N–H and O–H groups in total. The van der Waals surface area contributed by atoms with Gasteiger partial charge in [0.15, 0.2) is 0 Å². The normalized spacial score (nSPS) is 11.0. The minimum absolute atomic E-state index is 0.236. The van der Waals surface area contributed by atoms with Gasteiger partial charge in [0, 0.05) is 24.8 Å².